The summed E-state index contributed by atoms with van der Waals surface area (Å²) >= 11 is 0. The average Bonchev–Trinajstić information content (AvgIpc) is 3.25. The second kappa shape index (κ2) is 9.33. The van der Waals surface area contributed by atoms with E-state index in [1.165, 1.54) is 56.9 Å². The lowest BCUT2D eigenvalue weighted by Gasteiger charge is -2.11. The van der Waals surface area contributed by atoms with Gasteiger partial charge in [0, 0.05) is 24.2 Å². The molecule has 0 radical (unpaired) electrons. The third-order valence-electron chi connectivity index (χ3n) is 5.28. The van der Waals surface area contributed by atoms with Crippen LogP contribution in [-0.2, 0) is 16.6 Å². The molecule has 6 nitrogen and oxygen atoms in total. The summed E-state index contributed by atoms with van der Waals surface area (Å²) in [6.45, 7) is 2.25. The second-order valence-corrected chi connectivity index (χ2v) is 9.23. The van der Waals surface area contributed by atoms with Crippen LogP contribution in [0.4, 0.5) is 0 Å². The molecule has 0 bridgehead atoms. The Kier molecular flexibility index (Phi) is 6.82. The maximum atomic E-state index is 12.4. The third kappa shape index (κ3) is 5.74. The van der Waals surface area contributed by atoms with Gasteiger partial charge in [0.25, 0.3) is 5.91 Å². The molecule has 1 fully saturated rings. The molecule has 0 aromatic heterocycles. The summed E-state index contributed by atoms with van der Waals surface area (Å²) in [5.41, 5.74) is 1.78. The van der Waals surface area contributed by atoms with Crippen molar-refractivity contribution in [2.45, 2.75) is 44.0 Å². The fourth-order valence-electron chi connectivity index (χ4n) is 3.46. The van der Waals surface area contributed by atoms with Crippen LogP contribution in [0.3, 0.4) is 0 Å². The Morgan fingerprint density at radius 2 is 1.52 bits per heavy atom. The van der Waals surface area contributed by atoms with E-state index in [1.807, 2.05) is 0 Å². The highest BCUT2D eigenvalue weighted by Gasteiger charge is 2.17. The summed E-state index contributed by atoms with van der Waals surface area (Å²) in [7, 11) is -3.69. The topological polar surface area (TPSA) is 92.3 Å². The SMILES string of the molecule is CC(=O)c1ccc(S(=O)(=O)NCc2ccc(C(=O)NCC3CCCC3)cc2)cc1. The molecule has 0 spiro atoms. The molecule has 0 aliphatic heterocycles. The average molecular weight is 415 g/mol. The van der Waals surface area contributed by atoms with Gasteiger partial charge in [-0.3, -0.25) is 9.59 Å². The summed E-state index contributed by atoms with van der Waals surface area (Å²) in [5, 5.41) is 2.98. The van der Waals surface area contributed by atoms with Gasteiger partial charge in [0.05, 0.1) is 4.90 Å². The van der Waals surface area contributed by atoms with Crippen molar-refractivity contribution in [1.29, 1.82) is 0 Å². The number of sulfonamides is 1. The lowest BCUT2D eigenvalue weighted by atomic mass is 10.1. The van der Waals surface area contributed by atoms with Gasteiger partial charge in [-0.2, -0.15) is 0 Å². The van der Waals surface area contributed by atoms with Crippen LogP contribution in [0.5, 0.6) is 0 Å². The normalized spacial score (nSPS) is 14.7. The minimum absolute atomic E-state index is 0.102. The molecule has 0 unspecified atom stereocenters. The first-order valence-electron chi connectivity index (χ1n) is 9.83. The molecule has 2 N–H and O–H groups in total. The van der Waals surface area contributed by atoms with E-state index in [1.54, 1.807) is 24.3 Å². The van der Waals surface area contributed by atoms with Crippen molar-refractivity contribution in [3.63, 3.8) is 0 Å². The molecule has 0 saturated heterocycles. The first-order chi connectivity index (χ1) is 13.8. The van der Waals surface area contributed by atoms with Crippen molar-refractivity contribution in [2.24, 2.45) is 5.92 Å². The zero-order valence-electron chi connectivity index (χ0n) is 16.5. The Labute approximate surface area is 171 Å². The number of benzene rings is 2. The zero-order valence-corrected chi connectivity index (χ0v) is 17.3. The van der Waals surface area contributed by atoms with Gasteiger partial charge in [-0.15, -0.1) is 0 Å². The van der Waals surface area contributed by atoms with E-state index < -0.39 is 10.0 Å². The molecule has 7 heteroatoms. The van der Waals surface area contributed by atoms with Crippen LogP contribution in [0.1, 0.15) is 58.9 Å². The minimum atomic E-state index is -3.69. The Morgan fingerprint density at radius 3 is 2.10 bits per heavy atom. The van der Waals surface area contributed by atoms with Gasteiger partial charge in [0.1, 0.15) is 0 Å². The van der Waals surface area contributed by atoms with Crippen LogP contribution in [0.15, 0.2) is 53.4 Å². The monoisotopic (exact) mass is 414 g/mol. The van der Waals surface area contributed by atoms with E-state index in [9.17, 15) is 18.0 Å². The molecule has 29 heavy (non-hydrogen) atoms. The summed E-state index contributed by atoms with van der Waals surface area (Å²) in [5.74, 6) is 0.362. The van der Waals surface area contributed by atoms with E-state index in [4.69, 9.17) is 0 Å². The number of rotatable bonds is 8. The van der Waals surface area contributed by atoms with Crippen molar-refractivity contribution in [2.75, 3.05) is 6.54 Å². The van der Waals surface area contributed by atoms with E-state index in [0.717, 1.165) is 5.56 Å². The van der Waals surface area contributed by atoms with Crippen molar-refractivity contribution in [3.8, 4) is 0 Å². The van der Waals surface area contributed by atoms with E-state index >= 15 is 0 Å². The third-order valence-corrected chi connectivity index (χ3v) is 6.70. The molecule has 1 amide bonds. The molecule has 2 aromatic rings. The Hall–Kier alpha value is -2.51. The van der Waals surface area contributed by atoms with E-state index in [-0.39, 0.29) is 23.1 Å². The van der Waals surface area contributed by atoms with Crippen molar-refractivity contribution < 1.29 is 18.0 Å². The van der Waals surface area contributed by atoms with Crippen LogP contribution < -0.4 is 10.0 Å². The maximum Gasteiger partial charge on any atom is 0.251 e. The molecule has 1 aliphatic carbocycles. The molecule has 154 valence electrons. The molecule has 3 rings (SSSR count). The highest BCUT2D eigenvalue weighted by atomic mass is 32.2. The molecule has 1 saturated carbocycles. The lowest BCUT2D eigenvalue weighted by molar-refractivity contribution is 0.0946. The van der Waals surface area contributed by atoms with Gasteiger partial charge in [-0.25, -0.2) is 13.1 Å². The first-order valence-corrected chi connectivity index (χ1v) is 11.3. The van der Waals surface area contributed by atoms with Crippen LogP contribution in [0.25, 0.3) is 0 Å². The molecule has 0 atom stereocenters. The summed E-state index contributed by atoms with van der Waals surface area (Å²) in [4.78, 5) is 23.7. The van der Waals surface area contributed by atoms with Crippen molar-refractivity contribution in [3.05, 3.63) is 65.2 Å². The molecular weight excluding hydrogens is 388 g/mol. The molecular formula is C22H26N2O4S. The number of hydrogen-bond donors (Lipinski definition) is 2. The smallest absolute Gasteiger partial charge is 0.251 e. The number of ketones is 1. The Balaban J connectivity index is 1.54. The van der Waals surface area contributed by atoms with Gasteiger partial charge < -0.3 is 5.32 Å². The predicted octanol–water partition coefficient (Wildman–Crippen LogP) is 3.29. The van der Waals surface area contributed by atoms with Gasteiger partial charge in [0.2, 0.25) is 10.0 Å². The van der Waals surface area contributed by atoms with Crippen LogP contribution >= 0.6 is 0 Å². The standard InChI is InChI=1S/C22H26N2O4S/c1-16(25)19-10-12-21(13-11-19)29(27,28)24-15-18-6-8-20(9-7-18)22(26)23-14-17-4-2-3-5-17/h6-13,17,24H,2-5,14-15H2,1H3,(H,23,26). The summed E-state index contributed by atoms with van der Waals surface area (Å²) in [6, 6.07) is 12.7. The van der Waals surface area contributed by atoms with Crippen LogP contribution in [0, 0.1) is 5.92 Å². The van der Waals surface area contributed by atoms with Crippen LogP contribution in [-0.4, -0.2) is 26.7 Å². The Bertz CT molecular complexity index is 961. The van der Waals surface area contributed by atoms with Crippen LogP contribution in [0.2, 0.25) is 0 Å². The summed E-state index contributed by atoms with van der Waals surface area (Å²) in [6.07, 6.45) is 4.84. The number of nitrogens with one attached hydrogen (secondary N) is 2. The number of hydrogen-bond acceptors (Lipinski definition) is 4. The summed E-state index contributed by atoms with van der Waals surface area (Å²) < 4.78 is 27.4. The molecule has 0 heterocycles. The minimum Gasteiger partial charge on any atom is -0.352 e. The highest BCUT2D eigenvalue weighted by molar-refractivity contribution is 7.89. The zero-order chi connectivity index (χ0) is 20.9. The molecule has 2 aromatic carbocycles. The van der Waals surface area contributed by atoms with Gasteiger partial charge in [-0.05, 0) is 55.5 Å². The fraction of sp³-hybridized carbons (Fsp3) is 0.364. The van der Waals surface area contributed by atoms with Gasteiger partial charge in [-0.1, -0.05) is 37.1 Å². The quantitative estimate of drug-likeness (QED) is 0.649. The van der Waals surface area contributed by atoms with Crippen molar-refractivity contribution in [1.82, 2.24) is 10.0 Å². The van der Waals surface area contributed by atoms with Crippen molar-refractivity contribution >= 4 is 21.7 Å². The maximum absolute atomic E-state index is 12.4. The highest BCUT2D eigenvalue weighted by Crippen LogP contribution is 2.23. The fourth-order valence-corrected chi connectivity index (χ4v) is 4.48. The van der Waals surface area contributed by atoms with Gasteiger partial charge >= 0.3 is 0 Å². The number of carbonyl (C=O) groups excluding carboxylic acids is 2. The predicted molar refractivity (Wildman–Crippen MR) is 111 cm³/mol. The molecule has 1 aliphatic rings. The number of carbonyl (C=O) groups is 2. The number of Topliss-reactive ketones (excluding diaryl/α,β-unsaturated/α-hetero) is 1. The lowest BCUT2D eigenvalue weighted by Crippen LogP contribution is -2.28. The first kappa shape index (κ1) is 21.2. The second-order valence-electron chi connectivity index (χ2n) is 7.46. The van der Waals surface area contributed by atoms with E-state index in [0.29, 0.717) is 23.6 Å². The Morgan fingerprint density at radius 1 is 0.931 bits per heavy atom. The number of amides is 1. The van der Waals surface area contributed by atoms with E-state index in [2.05, 4.69) is 10.0 Å². The largest absolute Gasteiger partial charge is 0.352 e. The van der Waals surface area contributed by atoms with Gasteiger partial charge in [0.15, 0.2) is 5.78 Å².